The van der Waals surface area contributed by atoms with Crippen LogP contribution in [0.3, 0.4) is 0 Å². The molecule has 0 spiro atoms. The second-order valence-electron chi connectivity index (χ2n) is 3.88. The second-order valence-corrected chi connectivity index (χ2v) is 6.05. The van der Waals surface area contributed by atoms with Crippen LogP contribution in [-0.4, -0.2) is 5.91 Å². The van der Waals surface area contributed by atoms with Crippen LogP contribution in [-0.2, 0) is 0 Å². The quantitative estimate of drug-likeness (QED) is 0.881. The van der Waals surface area contributed by atoms with Crippen molar-refractivity contribution in [2.45, 2.75) is 6.92 Å². The molecule has 96 valence electrons. The Morgan fingerprint density at radius 2 is 2.21 bits per heavy atom. The third-order valence-electron chi connectivity index (χ3n) is 2.53. The van der Waals surface area contributed by atoms with Gasteiger partial charge in [0, 0.05) is 15.0 Å². The maximum absolute atomic E-state index is 12.1. The van der Waals surface area contributed by atoms with Gasteiger partial charge in [0.2, 0.25) is 0 Å². The fourth-order valence-electron chi connectivity index (χ4n) is 1.51. The normalized spacial score (nSPS) is 9.95. The Balaban J connectivity index is 2.27. The van der Waals surface area contributed by atoms with E-state index in [1.54, 1.807) is 24.3 Å². The minimum absolute atomic E-state index is 0.261. The number of anilines is 2. The van der Waals surface area contributed by atoms with Crippen molar-refractivity contribution in [1.29, 1.82) is 5.26 Å². The number of nitrogens with one attached hydrogen (secondary N) is 1. The lowest BCUT2D eigenvalue weighted by atomic mass is 10.2. The molecule has 0 bridgehead atoms. The maximum Gasteiger partial charge on any atom is 0.265 e. The average molecular weight is 336 g/mol. The molecule has 0 radical (unpaired) electrons. The van der Waals surface area contributed by atoms with Crippen LogP contribution >= 0.6 is 27.3 Å². The largest absolute Gasteiger partial charge is 0.398 e. The zero-order chi connectivity index (χ0) is 14.0. The summed E-state index contributed by atoms with van der Waals surface area (Å²) in [7, 11) is 0. The first-order chi connectivity index (χ1) is 9.01. The van der Waals surface area contributed by atoms with Gasteiger partial charge in [-0.2, -0.15) is 5.26 Å². The van der Waals surface area contributed by atoms with Crippen molar-refractivity contribution >= 4 is 44.5 Å². The number of nitrogens with zero attached hydrogens (tertiary/aromatic N) is 1. The smallest absolute Gasteiger partial charge is 0.265 e. The lowest BCUT2D eigenvalue weighted by Gasteiger charge is -2.05. The van der Waals surface area contributed by atoms with Crippen molar-refractivity contribution in [3.8, 4) is 6.07 Å². The molecule has 0 saturated heterocycles. The molecular weight excluding hydrogens is 326 g/mol. The highest BCUT2D eigenvalue weighted by atomic mass is 79.9. The molecule has 0 fully saturated rings. The van der Waals surface area contributed by atoms with Gasteiger partial charge in [0.05, 0.1) is 16.1 Å². The number of amides is 1. The van der Waals surface area contributed by atoms with Crippen molar-refractivity contribution in [3.63, 3.8) is 0 Å². The molecule has 1 amide bonds. The highest BCUT2D eigenvalue weighted by molar-refractivity contribution is 9.10. The third kappa shape index (κ3) is 2.95. The number of carbonyl (C=O) groups is 1. The van der Waals surface area contributed by atoms with E-state index < -0.39 is 0 Å². The van der Waals surface area contributed by atoms with Crippen LogP contribution in [0.1, 0.15) is 20.1 Å². The van der Waals surface area contributed by atoms with Gasteiger partial charge in [-0.25, -0.2) is 0 Å². The van der Waals surface area contributed by atoms with Crippen LogP contribution in [0.15, 0.2) is 28.7 Å². The first-order valence-corrected chi connectivity index (χ1v) is 6.99. The number of aryl methyl sites for hydroxylation is 1. The number of thiophene rings is 1. The summed E-state index contributed by atoms with van der Waals surface area (Å²) in [4.78, 5) is 13.5. The lowest BCUT2D eigenvalue weighted by Crippen LogP contribution is -2.11. The Hall–Kier alpha value is -1.84. The molecule has 0 aliphatic rings. The molecule has 3 N–H and O–H groups in total. The highest BCUT2D eigenvalue weighted by Crippen LogP contribution is 2.25. The topological polar surface area (TPSA) is 78.9 Å². The number of hydrogen-bond donors (Lipinski definition) is 2. The Bertz CT molecular complexity index is 668. The fourth-order valence-corrected chi connectivity index (χ4v) is 2.71. The molecule has 1 heterocycles. The summed E-state index contributed by atoms with van der Waals surface area (Å²) in [5.41, 5.74) is 7.22. The highest BCUT2D eigenvalue weighted by Gasteiger charge is 2.13. The molecule has 0 atom stereocenters. The number of carbonyl (C=O) groups excluding carboxylic acids is 1. The van der Waals surface area contributed by atoms with E-state index in [0.717, 1.165) is 9.35 Å². The first-order valence-electron chi connectivity index (χ1n) is 5.38. The van der Waals surface area contributed by atoms with Crippen LogP contribution in [0.5, 0.6) is 0 Å². The Labute approximate surface area is 123 Å². The summed E-state index contributed by atoms with van der Waals surface area (Å²) in [6.45, 7) is 1.86. The van der Waals surface area contributed by atoms with Crippen LogP contribution in [0.2, 0.25) is 0 Å². The Morgan fingerprint density at radius 1 is 1.47 bits per heavy atom. The van der Waals surface area contributed by atoms with Gasteiger partial charge in [0.1, 0.15) is 6.07 Å². The molecule has 2 rings (SSSR count). The standard InChI is InChI=1S/C13H10BrN3OS/c1-7-10(16)5-12(19-7)13(18)17-11-3-2-9(14)4-8(11)6-15/h2-5H,16H2,1H3,(H,17,18). The average Bonchev–Trinajstić information content (AvgIpc) is 2.72. The van der Waals surface area contributed by atoms with Crippen molar-refractivity contribution in [1.82, 2.24) is 0 Å². The van der Waals surface area contributed by atoms with Crippen molar-refractivity contribution in [2.24, 2.45) is 0 Å². The summed E-state index contributed by atoms with van der Waals surface area (Å²) in [6.07, 6.45) is 0. The SMILES string of the molecule is Cc1sc(C(=O)Nc2ccc(Br)cc2C#N)cc1N. The predicted molar refractivity (Wildman–Crippen MR) is 80.3 cm³/mol. The van der Waals surface area contributed by atoms with Crippen LogP contribution in [0.25, 0.3) is 0 Å². The summed E-state index contributed by atoms with van der Waals surface area (Å²) in [5.74, 6) is -0.261. The molecule has 0 saturated carbocycles. The number of halogens is 1. The Kier molecular flexibility index (Phi) is 3.88. The molecule has 2 aromatic rings. The van der Waals surface area contributed by atoms with Crippen LogP contribution in [0, 0.1) is 18.3 Å². The van der Waals surface area contributed by atoms with Crippen LogP contribution in [0.4, 0.5) is 11.4 Å². The van der Waals surface area contributed by atoms with E-state index in [2.05, 4.69) is 21.2 Å². The van der Waals surface area contributed by atoms with Crippen LogP contribution < -0.4 is 11.1 Å². The zero-order valence-electron chi connectivity index (χ0n) is 10.0. The second kappa shape index (κ2) is 5.43. The van der Waals surface area contributed by atoms with E-state index in [1.807, 2.05) is 13.0 Å². The fraction of sp³-hybridized carbons (Fsp3) is 0.0769. The molecule has 1 aromatic carbocycles. The summed E-state index contributed by atoms with van der Waals surface area (Å²) >= 11 is 4.61. The number of nitrogens with two attached hydrogens (primary N) is 1. The molecule has 1 aromatic heterocycles. The number of nitriles is 1. The van der Waals surface area contributed by atoms with E-state index >= 15 is 0 Å². The minimum Gasteiger partial charge on any atom is -0.398 e. The van der Waals surface area contributed by atoms with E-state index in [9.17, 15) is 4.79 Å². The molecular formula is C13H10BrN3OS. The van der Waals surface area contributed by atoms with Gasteiger partial charge in [-0.3, -0.25) is 4.79 Å². The monoisotopic (exact) mass is 335 g/mol. The van der Waals surface area contributed by atoms with E-state index in [1.165, 1.54) is 11.3 Å². The first kappa shape index (κ1) is 13.6. The van der Waals surface area contributed by atoms with E-state index in [-0.39, 0.29) is 5.91 Å². The van der Waals surface area contributed by atoms with Crippen molar-refractivity contribution < 1.29 is 4.79 Å². The maximum atomic E-state index is 12.1. The van der Waals surface area contributed by atoms with Gasteiger partial charge in [-0.05, 0) is 31.2 Å². The summed E-state index contributed by atoms with van der Waals surface area (Å²) < 4.78 is 0.790. The molecule has 6 heteroatoms. The molecule has 0 unspecified atom stereocenters. The number of nitrogen functional groups attached to an aromatic ring is 1. The third-order valence-corrected chi connectivity index (χ3v) is 4.09. The van der Waals surface area contributed by atoms with Gasteiger partial charge in [-0.15, -0.1) is 11.3 Å². The van der Waals surface area contributed by atoms with Gasteiger partial charge in [0.25, 0.3) is 5.91 Å². The Morgan fingerprint density at radius 3 is 2.79 bits per heavy atom. The van der Waals surface area contributed by atoms with E-state index in [0.29, 0.717) is 21.8 Å². The number of benzene rings is 1. The van der Waals surface area contributed by atoms with Gasteiger partial charge < -0.3 is 11.1 Å². The predicted octanol–water partition coefficient (Wildman–Crippen LogP) is 3.53. The molecule has 4 nitrogen and oxygen atoms in total. The van der Waals surface area contributed by atoms with Crippen molar-refractivity contribution in [3.05, 3.63) is 44.1 Å². The minimum atomic E-state index is -0.261. The molecule has 0 aliphatic heterocycles. The zero-order valence-corrected chi connectivity index (χ0v) is 12.4. The number of hydrogen-bond acceptors (Lipinski definition) is 4. The lowest BCUT2D eigenvalue weighted by molar-refractivity contribution is 0.103. The van der Waals surface area contributed by atoms with E-state index in [4.69, 9.17) is 11.0 Å². The summed E-state index contributed by atoms with van der Waals surface area (Å²) in [5, 5.41) is 11.8. The summed E-state index contributed by atoms with van der Waals surface area (Å²) in [6, 6.07) is 8.79. The molecule has 0 aliphatic carbocycles. The molecule has 19 heavy (non-hydrogen) atoms. The van der Waals surface area contributed by atoms with Gasteiger partial charge in [-0.1, -0.05) is 15.9 Å². The number of rotatable bonds is 2. The van der Waals surface area contributed by atoms with Crippen molar-refractivity contribution in [2.75, 3.05) is 11.1 Å². The van der Waals surface area contributed by atoms with Gasteiger partial charge in [0.15, 0.2) is 0 Å². The van der Waals surface area contributed by atoms with Gasteiger partial charge >= 0.3 is 0 Å².